The highest BCUT2D eigenvalue weighted by molar-refractivity contribution is 5.68. The number of hydrogen-bond donors (Lipinski definition) is 0. The Morgan fingerprint density at radius 1 is 1.29 bits per heavy atom. The van der Waals surface area contributed by atoms with Gasteiger partial charge in [-0.15, -0.1) is 0 Å². The van der Waals surface area contributed by atoms with Gasteiger partial charge in [0.05, 0.1) is 6.61 Å². The van der Waals surface area contributed by atoms with Gasteiger partial charge in [0.25, 0.3) is 0 Å². The van der Waals surface area contributed by atoms with Crippen LogP contribution in [0.2, 0.25) is 0 Å². The molecule has 0 saturated carbocycles. The van der Waals surface area contributed by atoms with Gasteiger partial charge in [-0.05, 0) is 51.0 Å². The number of likely N-dealkylation sites (tertiary alicyclic amines) is 2. The van der Waals surface area contributed by atoms with Crippen LogP contribution in [0.25, 0.3) is 0 Å². The quantitative estimate of drug-likeness (QED) is 0.783. The van der Waals surface area contributed by atoms with E-state index in [9.17, 15) is 4.79 Å². The van der Waals surface area contributed by atoms with Gasteiger partial charge >= 0.3 is 6.09 Å². The predicted molar refractivity (Wildman–Crippen MR) is 80.3 cm³/mol. The Bertz CT molecular complexity index is 363. The van der Waals surface area contributed by atoms with E-state index in [1.54, 1.807) is 0 Å². The SMILES string of the molecule is CCOC(=O)N1CCC(N2CCCC3(CCOCC3)C2)C1. The lowest BCUT2D eigenvalue weighted by molar-refractivity contribution is -0.0361. The zero-order valence-electron chi connectivity index (χ0n) is 13.2. The van der Waals surface area contributed by atoms with Crippen LogP contribution in [-0.4, -0.2) is 67.9 Å². The molecule has 0 N–H and O–H groups in total. The number of carbonyl (C=O) groups is 1. The highest BCUT2D eigenvalue weighted by Crippen LogP contribution is 2.40. The number of amides is 1. The Kier molecular flexibility index (Phi) is 4.69. The smallest absolute Gasteiger partial charge is 0.409 e. The van der Waals surface area contributed by atoms with Crippen LogP contribution in [0.4, 0.5) is 4.79 Å². The molecule has 1 unspecified atom stereocenters. The van der Waals surface area contributed by atoms with E-state index < -0.39 is 0 Å². The lowest BCUT2D eigenvalue weighted by Gasteiger charge is -2.47. The summed E-state index contributed by atoms with van der Waals surface area (Å²) in [5, 5.41) is 0. The van der Waals surface area contributed by atoms with Crippen LogP contribution in [0.15, 0.2) is 0 Å². The summed E-state index contributed by atoms with van der Waals surface area (Å²) < 4.78 is 10.7. The summed E-state index contributed by atoms with van der Waals surface area (Å²) in [6, 6.07) is 0.523. The van der Waals surface area contributed by atoms with Gasteiger partial charge in [0.2, 0.25) is 0 Å². The zero-order chi connectivity index (χ0) is 14.7. The number of hydrogen-bond acceptors (Lipinski definition) is 4. The molecular weight excluding hydrogens is 268 g/mol. The molecule has 5 nitrogen and oxygen atoms in total. The van der Waals surface area contributed by atoms with Crippen molar-refractivity contribution in [2.75, 3.05) is 46.0 Å². The summed E-state index contributed by atoms with van der Waals surface area (Å²) in [7, 11) is 0. The fourth-order valence-corrected chi connectivity index (χ4v) is 4.19. The summed E-state index contributed by atoms with van der Waals surface area (Å²) in [5.41, 5.74) is 0.480. The second kappa shape index (κ2) is 6.53. The molecule has 3 aliphatic heterocycles. The van der Waals surface area contributed by atoms with Gasteiger partial charge < -0.3 is 14.4 Å². The molecule has 1 spiro atoms. The maximum absolute atomic E-state index is 11.8. The van der Waals surface area contributed by atoms with Crippen molar-refractivity contribution in [2.24, 2.45) is 5.41 Å². The second-order valence-corrected chi connectivity index (χ2v) is 6.77. The first-order valence-electron chi connectivity index (χ1n) is 8.46. The molecule has 120 valence electrons. The molecular formula is C16H28N2O3. The minimum absolute atomic E-state index is 0.141. The Labute approximate surface area is 127 Å². The number of rotatable bonds is 2. The van der Waals surface area contributed by atoms with E-state index in [2.05, 4.69) is 4.90 Å². The molecule has 3 aliphatic rings. The summed E-state index contributed by atoms with van der Waals surface area (Å²) in [4.78, 5) is 16.3. The van der Waals surface area contributed by atoms with Crippen molar-refractivity contribution in [1.82, 2.24) is 9.80 Å². The molecule has 0 aromatic carbocycles. The Morgan fingerprint density at radius 3 is 2.86 bits per heavy atom. The first kappa shape index (κ1) is 15.1. The summed E-state index contributed by atoms with van der Waals surface area (Å²) in [5.74, 6) is 0. The van der Waals surface area contributed by atoms with E-state index in [-0.39, 0.29) is 6.09 Å². The van der Waals surface area contributed by atoms with Gasteiger partial charge in [0.15, 0.2) is 0 Å². The first-order valence-corrected chi connectivity index (χ1v) is 8.46. The predicted octanol–water partition coefficient (Wildman–Crippen LogP) is 2.11. The normalized spacial score (nSPS) is 29.8. The van der Waals surface area contributed by atoms with Crippen molar-refractivity contribution in [1.29, 1.82) is 0 Å². The molecule has 0 radical (unpaired) electrons. The second-order valence-electron chi connectivity index (χ2n) is 6.77. The fraction of sp³-hybridized carbons (Fsp3) is 0.938. The third kappa shape index (κ3) is 3.34. The number of carbonyl (C=O) groups excluding carboxylic acids is 1. The maximum atomic E-state index is 11.8. The number of nitrogens with zero attached hydrogens (tertiary/aromatic N) is 2. The van der Waals surface area contributed by atoms with Crippen LogP contribution in [0.3, 0.4) is 0 Å². The van der Waals surface area contributed by atoms with Crippen LogP contribution < -0.4 is 0 Å². The van der Waals surface area contributed by atoms with E-state index in [0.29, 0.717) is 18.1 Å². The summed E-state index contributed by atoms with van der Waals surface area (Å²) in [6.45, 7) is 8.24. The molecule has 0 aliphatic carbocycles. The molecule has 0 aromatic heterocycles. The molecule has 3 rings (SSSR count). The van der Waals surface area contributed by atoms with E-state index in [0.717, 1.165) is 32.7 Å². The Hall–Kier alpha value is -0.810. The molecule has 5 heteroatoms. The van der Waals surface area contributed by atoms with Crippen molar-refractivity contribution in [3.05, 3.63) is 0 Å². The van der Waals surface area contributed by atoms with Gasteiger partial charge in [-0.25, -0.2) is 4.79 Å². The minimum Gasteiger partial charge on any atom is -0.450 e. The third-order valence-corrected chi connectivity index (χ3v) is 5.45. The molecule has 0 bridgehead atoms. The molecule has 3 saturated heterocycles. The van der Waals surface area contributed by atoms with Crippen molar-refractivity contribution in [3.63, 3.8) is 0 Å². The van der Waals surface area contributed by atoms with E-state index >= 15 is 0 Å². The van der Waals surface area contributed by atoms with Crippen molar-refractivity contribution in [3.8, 4) is 0 Å². The van der Waals surface area contributed by atoms with Gasteiger partial charge in [0.1, 0.15) is 0 Å². The average Bonchev–Trinajstić information content (AvgIpc) is 2.98. The molecule has 1 amide bonds. The highest BCUT2D eigenvalue weighted by Gasteiger charge is 2.40. The van der Waals surface area contributed by atoms with Crippen molar-refractivity contribution in [2.45, 2.75) is 45.1 Å². The Balaban J connectivity index is 1.56. The summed E-state index contributed by atoms with van der Waals surface area (Å²) >= 11 is 0. The van der Waals surface area contributed by atoms with Crippen LogP contribution in [0.1, 0.15) is 39.0 Å². The standard InChI is InChI=1S/C16H28N2O3/c1-2-21-15(19)17-9-4-14(12-17)18-8-3-5-16(13-18)6-10-20-11-7-16/h14H,2-13H2,1H3. The lowest BCUT2D eigenvalue weighted by atomic mass is 9.73. The van der Waals surface area contributed by atoms with Crippen LogP contribution in [-0.2, 0) is 9.47 Å². The van der Waals surface area contributed by atoms with E-state index in [1.807, 2.05) is 11.8 Å². The highest BCUT2D eigenvalue weighted by atomic mass is 16.6. The van der Waals surface area contributed by atoms with E-state index in [4.69, 9.17) is 9.47 Å². The topological polar surface area (TPSA) is 42.0 Å². The van der Waals surface area contributed by atoms with Crippen LogP contribution in [0, 0.1) is 5.41 Å². The zero-order valence-corrected chi connectivity index (χ0v) is 13.2. The fourth-order valence-electron chi connectivity index (χ4n) is 4.19. The average molecular weight is 296 g/mol. The molecule has 1 atom stereocenters. The molecule has 0 aromatic rings. The number of ether oxygens (including phenoxy) is 2. The van der Waals surface area contributed by atoms with Gasteiger partial charge in [0, 0.05) is 38.9 Å². The molecule has 21 heavy (non-hydrogen) atoms. The Morgan fingerprint density at radius 2 is 2.10 bits per heavy atom. The lowest BCUT2D eigenvalue weighted by Crippen LogP contribution is -2.50. The summed E-state index contributed by atoms with van der Waals surface area (Å²) in [6.07, 6.45) is 6.00. The van der Waals surface area contributed by atoms with Gasteiger partial charge in [-0.1, -0.05) is 0 Å². The van der Waals surface area contributed by atoms with Crippen molar-refractivity contribution >= 4 is 6.09 Å². The largest absolute Gasteiger partial charge is 0.450 e. The van der Waals surface area contributed by atoms with Crippen LogP contribution >= 0.6 is 0 Å². The van der Waals surface area contributed by atoms with Gasteiger partial charge in [-0.2, -0.15) is 0 Å². The van der Waals surface area contributed by atoms with Crippen LogP contribution in [0.5, 0.6) is 0 Å². The molecule has 3 fully saturated rings. The van der Waals surface area contributed by atoms with E-state index in [1.165, 1.54) is 38.8 Å². The maximum Gasteiger partial charge on any atom is 0.409 e. The van der Waals surface area contributed by atoms with Crippen molar-refractivity contribution < 1.29 is 14.3 Å². The number of piperidine rings is 1. The first-order chi connectivity index (χ1) is 10.2. The van der Waals surface area contributed by atoms with Gasteiger partial charge in [-0.3, -0.25) is 4.90 Å². The third-order valence-electron chi connectivity index (χ3n) is 5.45. The monoisotopic (exact) mass is 296 g/mol. The molecule has 3 heterocycles. The minimum atomic E-state index is -0.141.